The zero-order valence-corrected chi connectivity index (χ0v) is 15.3. The molecule has 3 rings (SSSR count). The largest absolute Gasteiger partial charge is 0.347 e. The Bertz CT molecular complexity index is 934. The van der Waals surface area contributed by atoms with Crippen molar-refractivity contribution in [3.05, 3.63) is 75.8 Å². The molecule has 2 N–H and O–H groups in total. The Morgan fingerprint density at radius 1 is 1.12 bits per heavy atom. The number of rotatable bonds is 5. The van der Waals surface area contributed by atoms with Gasteiger partial charge in [0.25, 0.3) is 5.91 Å². The molecule has 26 heavy (non-hydrogen) atoms. The molecule has 2 heterocycles. The van der Waals surface area contributed by atoms with E-state index in [2.05, 4.69) is 25.6 Å². The van der Waals surface area contributed by atoms with Gasteiger partial charge in [-0.25, -0.2) is 9.97 Å². The molecule has 0 saturated carbocycles. The van der Waals surface area contributed by atoms with Crippen LogP contribution in [0.4, 0.5) is 11.6 Å². The summed E-state index contributed by atoms with van der Waals surface area (Å²) in [5, 5.41) is 6.60. The number of carbonyl (C=O) groups is 1. The van der Waals surface area contributed by atoms with Crippen LogP contribution >= 0.6 is 23.2 Å². The topological polar surface area (TPSA) is 79.8 Å². The van der Waals surface area contributed by atoms with Crippen molar-refractivity contribution in [2.24, 2.45) is 0 Å². The summed E-state index contributed by atoms with van der Waals surface area (Å²) < 4.78 is 0. The van der Waals surface area contributed by atoms with Gasteiger partial charge in [-0.05, 0) is 42.8 Å². The van der Waals surface area contributed by atoms with E-state index in [1.165, 1.54) is 0 Å². The first-order valence-corrected chi connectivity index (χ1v) is 8.52. The van der Waals surface area contributed by atoms with Crippen molar-refractivity contribution in [2.75, 3.05) is 5.32 Å². The van der Waals surface area contributed by atoms with Gasteiger partial charge in [-0.3, -0.25) is 9.78 Å². The van der Waals surface area contributed by atoms with Crippen LogP contribution in [-0.4, -0.2) is 20.9 Å². The fourth-order valence-electron chi connectivity index (χ4n) is 2.24. The molecule has 0 radical (unpaired) electrons. The number of benzene rings is 1. The third kappa shape index (κ3) is 4.47. The van der Waals surface area contributed by atoms with Crippen LogP contribution in [0, 0.1) is 6.92 Å². The fraction of sp³-hybridized carbons (Fsp3) is 0.111. The second kappa shape index (κ2) is 8.12. The van der Waals surface area contributed by atoms with Crippen molar-refractivity contribution in [3.8, 4) is 0 Å². The number of carbonyl (C=O) groups excluding carboxylic acids is 1. The molecule has 0 aliphatic heterocycles. The molecule has 1 amide bonds. The fourth-order valence-corrected chi connectivity index (χ4v) is 2.58. The molecule has 2 aromatic heterocycles. The quantitative estimate of drug-likeness (QED) is 0.686. The minimum atomic E-state index is -0.299. The molecule has 6 nitrogen and oxygen atoms in total. The van der Waals surface area contributed by atoms with E-state index in [4.69, 9.17) is 23.2 Å². The lowest BCUT2D eigenvalue weighted by Gasteiger charge is -2.10. The number of halogens is 2. The van der Waals surface area contributed by atoms with Crippen LogP contribution in [0.3, 0.4) is 0 Å². The molecule has 0 bridgehead atoms. The van der Waals surface area contributed by atoms with Crippen LogP contribution < -0.4 is 10.6 Å². The number of aryl methyl sites for hydroxylation is 1. The summed E-state index contributed by atoms with van der Waals surface area (Å²) in [6, 6.07) is 10.5. The monoisotopic (exact) mass is 387 g/mol. The predicted molar refractivity (Wildman–Crippen MR) is 102 cm³/mol. The maximum absolute atomic E-state index is 12.4. The Morgan fingerprint density at radius 2 is 1.88 bits per heavy atom. The molecular weight excluding hydrogens is 373 g/mol. The number of amides is 1. The van der Waals surface area contributed by atoms with Crippen LogP contribution in [0.1, 0.15) is 21.7 Å². The molecule has 0 aliphatic rings. The summed E-state index contributed by atoms with van der Waals surface area (Å²) in [5.74, 6) is -0.0317. The number of aromatic nitrogens is 3. The second-order valence-corrected chi connectivity index (χ2v) is 6.27. The van der Waals surface area contributed by atoms with Gasteiger partial charge in [0.05, 0.1) is 15.7 Å². The highest BCUT2D eigenvalue weighted by Crippen LogP contribution is 2.30. The van der Waals surface area contributed by atoms with Gasteiger partial charge in [0.15, 0.2) is 0 Å². The Kier molecular flexibility index (Phi) is 5.65. The first kappa shape index (κ1) is 18.1. The molecule has 0 spiro atoms. The first-order chi connectivity index (χ1) is 12.5. The van der Waals surface area contributed by atoms with Crippen molar-refractivity contribution in [1.82, 2.24) is 20.3 Å². The number of hydrogen-bond acceptors (Lipinski definition) is 5. The standard InChI is InChI=1S/C18H15Cl2N5O/c1-11-9-15(17(26)22-10-12-5-7-21-8-6-12)25-18(23-11)24-14-4-2-3-13(19)16(14)20/h2-9H,10H2,1H3,(H,22,26)(H,23,24,25). The van der Waals surface area contributed by atoms with Gasteiger partial charge < -0.3 is 10.6 Å². The van der Waals surface area contributed by atoms with Crippen LogP contribution in [0.15, 0.2) is 48.8 Å². The normalized spacial score (nSPS) is 10.4. The predicted octanol–water partition coefficient (Wildman–Crippen LogP) is 4.16. The highest BCUT2D eigenvalue weighted by atomic mass is 35.5. The van der Waals surface area contributed by atoms with Crippen LogP contribution in [-0.2, 0) is 6.54 Å². The molecule has 0 fully saturated rings. The summed E-state index contributed by atoms with van der Waals surface area (Å²) in [6.07, 6.45) is 3.35. The van der Waals surface area contributed by atoms with E-state index in [-0.39, 0.29) is 17.5 Å². The van der Waals surface area contributed by atoms with Gasteiger partial charge in [0.1, 0.15) is 5.69 Å². The average molecular weight is 388 g/mol. The smallest absolute Gasteiger partial charge is 0.270 e. The molecule has 0 atom stereocenters. The second-order valence-electron chi connectivity index (χ2n) is 5.48. The van der Waals surface area contributed by atoms with Gasteiger partial charge in [-0.2, -0.15) is 0 Å². The van der Waals surface area contributed by atoms with Crippen molar-refractivity contribution in [1.29, 1.82) is 0 Å². The SMILES string of the molecule is Cc1cc(C(=O)NCc2ccncc2)nc(Nc2cccc(Cl)c2Cl)n1. The maximum atomic E-state index is 12.4. The van der Waals surface area contributed by atoms with E-state index in [0.717, 1.165) is 5.56 Å². The van der Waals surface area contributed by atoms with Gasteiger partial charge in [-0.15, -0.1) is 0 Å². The molecule has 0 aliphatic carbocycles. The summed E-state index contributed by atoms with van der Waals surface area (Å²) >= 11 is 12.2. The number of nitrogens with zero attached hydrogens (tertiary/aromatic N) is 3. The highest BCUT2D eigenvalue weighted by molar-refractivity contribution is 6.43. The van der Waals surface area contributed by atoms with Crippen LogP contribution in [0.2, 0.25) is 10.0 Å². The lowest BCUT2D eigenvalue weighted by Crippen LogP contribution is -2.24. The molecule has 8 heteroatoms. The minimum absolute atomic E-state index is 0.257. The van der Waals surface area contributed by atoms with Gasteiger partial charge in [0.2, 0.25) is 5.95 Å². The van der Waals surface area contributed by atoms with E-state index in [9.17, 15) is 4.79 Å². The Labute approximate surface area is 160 Å². The first-order valence-electron chi connectivity index (χ1n) is 7.77. The molecular formula is C18H15Cl2N5O. The lowest BCUT2D eigenvalue weighted by atomic mass is 10.2. The summed E-state index contributed by atoms with van der Waals surface area (Å²) in [5.41, 5.74) is 2.41. The zero-order valence-electron chi connectivity index (χ0n) is 13.8. The number of hydrogen-bond donors (Lipinski definition) is 2. The minimum Gasteiger partial charge on any atom is -0.347 e. The third-order valence-electron chi connectivity index (χ3n) is 3.49. The third-order valence-corrected chi connectivity index (χ3v) is 4.31. The molecule has 0 unspecified atom stereocenters. The number of anilines is 2. The van der Waals surface area contributed by atoms with E-state index in [1.807, 2.05) is 12.1 Å². The van der Waals surface area contributed by atoms with Gasteiger partial charge >= 0.3 is 0 Å². The maximum Gasteiger partial charge on any atom is 0.270 e. The summed E-state index contributed by atoms with van der Waals surface area (Å²) in [6.45, 7) is 2.17. The van der Waals surface area contributed by atoms with E-state index >= 15 is 0 Å². The number of nitrogens with one attached hydrogen (secondary N) is 2. The van der Waals surface area contributed by atoms with Crippen LogP contribution in [0.25, 0.3) is 0 Å². The van der Waals surface area contributed by atoms with Crippen molar-refractivity contribution >= 4 is 40.7 Å². The van der Waals surface area contributed by atoms with Crippen molar-refractivity contribution in [2.45, 2.75) is 13.5 Å². The molecule has 1 aromatic carbocycles. The Morgan fingerprint density at radius 3 is 2.65 bits per heavy atom. The average Bonchev–Trinajstić information content (AvgIpc) is 2.64. The zero-order chi connectivity index (χ0) is 18.5. The van der Waals surface area contributed by atoms with E-state index < -0.39 is 0 Å². The lowest BCUT2D eigenvalue weighted by molar-refractivity contribution is 0.0945. The summed E-state index contributed by atoms with van der Waals surface area (Å²) in [4.78, 5) is 24.9. The number of pyridine rings is 1. The summed E-state index contributed by atoms with van der Waals surface area (Å²) in [7, 11) is 0. The van der Waals surface area contributed by atoms with Crippen LogP contribution in [0.5, 0.6) is 0 Å². The van der Waals surface area contributed by atoms with Gasteiger partial charge in [0, 0.05) is 24.6 Å². The molecule has 0 saturated heterocycles. The van der Waals surface area contributed by atoms with Crippen molar-refractivity contribution in [3.63, 3.8) is 0 Å². The van der Waals surface area contributed by atoms with E-state index in [0.29, 0.717) is 28.0 Å². The van der Waals surface area contributed by atoms with Gasteiger partial charge in [-0.1, -0.05) is 29.3 Å². The molecule has 3 aromatic rings. The highest BCUT2D eigenvalue weighted by Gasteiger charge is 2.12. The molecule has 132 valence electrons. The Balaban J connectivity index is 1.76. The van der Waals surface area contributed by atoms with Crippen molar-refractivity contribution < 1.29 is 4.79 Å². The Hall–Kier alpha value is -2.70. The van der Waals surface area contributed by atoms with E-state index in [1.54, 1.807) is 43.6 Å².